The van der Waals surface area contributed by atoms with Crippen LogP contribution in [0.5, 0.6) is 5.75 Å². The van der Waals surface area contributed by atoms with E-state index < -0.39 is 0 Å². The summed E-state index contributed by atoms with van der Waals surface area (Å²) in [6.07, 6.45) is 2.33. The first kappa shape index (κ1) is 19.9. The number of furan rings is 1. The van der Waals surface area contributed by atoms with Crippen LogP contribution in [0.4, 0.5) is 0 Å². The van der Waals surface area contributed by atoms with Gasteiger partial charge in [-0.3, -0.25) is 4.79 Å². The highest BCUT2D eigenvalue weighted by Gasteiger charge is 2.34. The molecule has 1 aliphatic rings. The van der Waals surface area contributed by atoms with Crippen LogP contribution >= 0.6 is 0 Å². The van der Waals surface area contributed by atoms with Crippen LogP contribution in [0.2, 0.25) is 0 Å². The van der Waals surface area contributed by atoms with Crippen molar-refractivity contribution in [2.45, 2.75) is 25.4 Å². The molecule has 2 heterocycles. The number of amides is 1. The highest BCUT2D eigenvalue weighted by Crippen LogP contribution is 2.33. The zero-order valence-electron chi connectivity index (χ0n) is 17.2. The first-order valence-corrected chi connectivity index (χ1v) is 10.1. The van der Waals surface area contributed by atoms with Crippen LogP contribution in [0.3, 0.4) is 0 Å². The van der Waals surface area contributed by atoms with Gasteiger partial charge in [-0.25, -0.2) is 5.01 Å². The van der Waals surface area contributed by atoms with Gasteiger partial charge in [0.25, 0.3) is 5.91 Å². The minimum atomic E-state index is -0.133. The molecule has 2 N–H and O–H groups in total. The fourth-order valence-corrected chi connectivity index (χ4v) is 3.67. The van der Waals surface area contributed by atoms with Gasteiger partial charge in [-0.15, -0.1) is 0 Å². The van der Waals surface area contributed by atoms with Crippen LogP contribution < -0.4 is 10.1 Å². The lowest BCUT2D eigenvalue weighted by molar-refractivity contribution is -0.685. The molecular weight excluding hydrogens is 378 g/mol. The minimum Gasteiger partial charge on any atom is -0.497 e. The molecule has 0 aliphatic carbocycles. The third kappa shape index (κ3) is 4.28. The second-order valence-electron chi connectivity index (χ2n) is 7.39. The van der Waals surface area contributed by atoms with Gasteiger partial charge in [0.2, 0.25) is 0 Å². The van der Waals surface area contributed by atoms with Gasteiger partial charge in [0.1, 0.15) is 11.8 Å². The minimum absolute atomic E-state index is 0.0276. The molecular formula is C24H26N3O3+. The summed E-state index contributed by atoms with van der Waals surface area (Å²) in [6, 6.07) is 21.6. The summed E-state index contributed by atoms with van der Waals surface area (Å²) in [5, 5.41) is 8.33. The third-order valence-corrected chi connectivity index (χ3v) is 5.41. The number of hydrogen-bond acceptors (Lipinski definition) is 4. The lowest BCUT2D eigenvalue weighted by atomic mass is 9.98. The molecule has 30 heavy (non-hydrogen) atoms. The van der Waals surface area contributed by atoms with Crippen molar-refractivity contribution in [2.75, 3.05) is 13.7 Å². The summed E-state index contributed by atoms with van der Waals surface area (Å²) in [6.45, 7) is 2.32. The van der Waals surface area contributed by atoms with E-state index in [9.17, 15) is 4.79 Å². The molecule has 0 spiro atoms. The first-order valence-electron chi connectivity index (χ1n) is 10.1. The maximum Gasteiger partial charge on any atom is 0.298 e. The Morgan fingerprint density at radius 2 is 1.93 bits per heavy atom. The Bertz CT molecular complexity index is 998. The van der Waals surface area contributed by atoms with Crippen molar-refractivity contribution in [1.29, 1.82) is 0 Å². The topological polar surface area (TPSA) is 71.7 Å². The number of hydrazone groups is 1. The molecule has 6 nitrogen and oxygen atoms in total. The zero-order valence-corrected chi connectivity index (χ0v) is 17.2. The Balaban J connectivity index is 1.54. The third-order valence-electron chi connectivity index (χ3n) is 5.41. The van der Waals surface area contributed by atoms with E-state index in [1.54, 1.807) is 18.4 Å². The van der Waals surface area contributed by atoms with E-state index in [1.807, 2.05) is 79.0 Å². The molecule has 2 atom stereocenters. The quantitative estimate of drug-likeness (QED) is 0.657. The van der Waals surface area contributed by atoms with Crippen LogP contribution in [0.25, 0.3) is 0 Å². The van der Waals surface area contributed by atoms with Gasteiger partial charge in [-0.2, -0.15) is 5.10 Å². The molecule has 0 bridgehead atoms. The summed E-state index contributed by atoms with van der Waals surface area (Å²) in [5.41, 5.74) is 3.00. The predicted molar refractivity (Wildman–Crippen MR) is 114 cm³/mol. The van der Waals surface area contributed by atoms with E-state index in [1.165, 1.54) is 0 Å². The van der Waals surface area contributed by atoms with Crippen LogP contribution in [0.1, 0.15) is 42.3 Å². The molecule has 1 amide bonds. The molecule has 6 heteroatoms. The van der Waals surface area contributed by atoms with E-state index in [4.69, 9.17) is 14.3 Å². The Hall–Kier alpha value is -3.38. The van der Waals surface area contributed by atoms with Crippen molar-refractivity contribution >= 4 is 11.6 Å². The van der Waals surface area contributed by atoms with Gasteiger partial charge in [-0.1, -0.05) is 42.5 Å². The lowest BCUT2D eigenvalue weighted by Gasteiger charge is -2.22. The highest BCUT2D eigenvalue weighted by atomic mass is 16.5. The van der Waals surface area contributed by atoms with Crippen molar-refractivity contribution in [3.8, 4) is 5.75 Å². The van der Waals surface area contributed by atoms with Crippen molar-refractivity contribution < 1.29 is 19.3 Å². The summed E-state index contributed by atoms with van der Waals surface area (Å²) >= 11 is 0. The number of nitrogens with zero attached hydrogens (tertiary/aromatic N) is 2. The van der Waals surface area contributed by atoms with E-state index in [2.05, 4.69) is 0 Å². The largest absolute Gasteiger partial charge is 0.497 e. The Labute approximate surface area is 176 Å². The maximum absolute atomic E-state index is 13.1. The average molecular weight is 404 g/mol. The van der Waals surface area contributed by atoms with E-state index >= 15 is 0 Å². The second kappa shape index (κ2) is 8.97. The van der Waals surface area contributed by atoms with Gasteiger partial charge < -0.3 is 14.5 Å². The predicted octanol–water partition coefficient (Wildman–Crippen LogP) is 3.29. The SMILES string of the molecule is COc1ccc([C@@H]2CC(c3ccccc3)=NN2C(=O)C[NH2+][C@H](C)c2ccco2)cc1. The smallest absolute Gasteiger partial charge is 0.298 e. The average Bonchev–Trinajstić information content (AvgIpc) is 3.48. The van der Waals surface area contributed by atoms with Crippen molar-refractivity contribution in [3.05, 3.63) is 89.9 Å². The van der Waals surface area contributed by atoms with Crippen LogP contribution in [0.15, 0.2) is 82.5 Å². The number of quaternary nitrogens is 1. The highest BCUT2D eigenvalue weighted by molar-refractivity contribution is 6.03. The Morgan fingerprint density at radius 3 is 2.60 bits per heavy atom. The normalized spacial score (nSPS) is 16.9. The Kier molecular flexibility index (Phi) is 5.95. The maximum atomic E-state index is 13.1. The van der Waals surface area contributed by atoms with Crippen molar-refractivity contribution in [3.63, 3.8) is 0 Å². The fraction of sp³-hybridized carbons (Fsp3) is 0.250. The number of ether oxygens (including phenoxy) is 1. The van der Waals surface area contributed by atoms with Crippen molar-refractivity contribution in [2.24, 2.45) is 5.10 Å². The number of hydrogen-bond donors (Lipinski definition) is 1. The number of methoxy groups -OCH3 is 1. The van der Waals surface area contributed by atoms with E-state index in [0.29, 0.717) is 13.0 Å². The molecule has 0 radical (unpaired) electrons. The standard InChI is InChI=1S/C24H25N3O3/c1-17(23-9-6-14-30-23)25-16-24(28)27-22(19-10-12-20(29-2)13-11-19)15-21(26-27)18-7-4-3-5-8-18/h3-14,17,22,25H,15-16H2,1-2H3/p+1/t17-,22+/m1/s1. The summed E-state index contributed by atoms with van der Waals surface area (Å²) in [5.74, 6) is 1.61. The Morgan fingerprint density at radius 1 is 1.17 bits per heavy atom. The van der Waals surface area contributed by atoms with Crippen LogP contribution in [-0.2, 0) is 4.79 Å². The summed E-state index contributed by atoms with van der Waals surface area (Å²) in [7, 11) is 1.65. The number of nitrogens with two attached hydrogens (primary N) is 1. The molecule has 2 aromatic carbocycles. The fourth-order valence-electron chi connectivity index (χ4n) is 3.67. The zero-order chi connectivity index (χ0) is 20.9. The van der Waals surface area contributed by atoms with Gasteiger partial charge in [-0.05, 0) is 42.3 Å². The van der Waals surface area contributed by atoms with Gasteiger partial charge in [0, 0.05) is 6.42 Å². The summed E-state index contributed by atoms with van der Waals surface area (Å²) < 4.78 is 10.7. The number of carbonyl (C=O) groups is 1. The second-order valence-corrected chi connectivity index (χ2v) is 7.39. The molecule has 0 fully saturated rings. The first-order chi connectivity index (χ1) is 14.7. The molecule has 0 saturated heterocycles. The van der Waals surface area contributed by atoms with Crippen LogP contribution in [0, 0.1) is 0 Å². The number of carbonyl (C=O) groups excluding carboxylic acids is 1. The van der Waals surface area contributed by atoms with Gasteiger partial charge in [0.15, 0.2) is 12.3 Å². The monoisotopic (exact) mass is 404 g/mol. The molecule has 1 aliphatic heterocycles. The molecule has 1 aromatic heterocycles. The molecule has 154 valence electrons. The van der Waals surface area contributed by atoms with Gasteiger partial charge >= 0.3 is 0 Å². The van der Waals surface area contributed by atoms with Crippen molar-refractivity contribution in [1.82, 2.24) is 5.01 Å². The van der Waals surface area contributed by atoms with Gasteiger partial charge in [0.05, 0.1) is 25.1 Å². The number of benzene rings is 2. The summed E-state index contributed by atoms with van der Waals surface area (Å²) in [4.78, 5) is 13.1. The van der Waals surface area contributed by atoms with E-state index in [-0.39, 0.29) is 18.0 Å². The van der Waals surface area contributed by atoms with E-state index in [0.717, 1.165) is 28.3 Å². The lowest BCUT2D eigenvalue weighted by Crippen LogP contribution is -2.86. The van der Waals surface area contributed by atoms with Crippen LogP contribution in [-0.4, -0.2) is 30.3 Å². The molecule has 3 aromatic rings. The molecule has 0 saturated carbocycles. The molecule has 0 unspecified atom stereocenters. The number of rotatable bonds is 7. The molecule has 4 rings (SSSR count).